The van der Waals surface area contributed by atoms with Crippen molar-refractivity contribution in [2.45, 2.75) is 32.4 Å². The second-order valence-electron chi connectivity index (χ2n) is 4.88. The molecule has 5 heteroatoms. The summed E-state index contributed by atoms with van der Waals surface area (Å²) >= 11 is 0. The van der Waals surface area contributed by atoms with Gasteiger partial charge in [-0.2, -0.15) is 0 Å². The maximum absolute atomic E-state index is 11.8. The molecule has 108 valence electrons. The average molecular weight is 274 g/mol. The van der Waals surface area contributed by atoms with Crippen LogP contribution in [0.4, 0.5) is 0 Å². The van der Waals surface area contributed by atoms with Crippen LogP contribution in [0.25, 0.3) is 0 Å². The second kappa shape index (κ2) is 7.53. The molecule has 0 atom stereocenters. The number of aliphatic imine (C=N–C) groups is 1. The van der Waals surface area contributed by atoms with Gasteiger partial charge < -0.3 is 16.0 Å². The van der Waals surface area contributed by atoms with Gasteiger partial charge in [0, 0.05) is 19.1 Å². The zero-order valence-corrected chi connectivity index (χ0v) is 11.9. The van der Waals surface area contributed by atoms with E-state index in [9.17, 15) is 4.79 Å². The van der Waals surface area contributed by atoms with Crippen LogP contribution in [-0.4, -0.2) is 31.0 Å². The van der Waals surface area contributed by atoms with Crippen LogP contribution in [0, 0.1) is 0 Å². The lowest BCUT2D eigenvalue weighted by Gasteiger charge is -2.10. The Labute approximate surface area is 119 Å². The second-order valence-corrected chi connectivity index (χ2v) is 4.88. The summed E-state index contributed by atoms with van der Waals surface area (Å²) in [6.07, 6.45) is 2.37. The number of carbonyl (C=O) groups is 1. The topological polar surface area (TPSA) is 65.5 Å². The van der Waals surface area contributed by atoms with E-state index in [0.717, 1.165) is 18.1 Å². The SMILES string of the molecule is CCNC(=NCC(=O)NCc1ccccc1)NC1CC1. The first-order chi connectivity index (χ1) is 9.78. The molecular formula is C15H22N4O. The van der Waals surface area contributed by atoms with Gasteiger partial charge in [-0.05, 0) is 25.3 Å². The molecule has 1 aliphatic carbocycles. The number of nitrogens with zero attached hydrogens (tertiary/aromatic N) is 1. The van der Waals surface area contributed by atoms with Crippen molar-refractivity contribution in [1.82, 2.24) is 16.0 Å². The molecule has 0 unspecified atom stereocenters. The first kappa shape index (κ1) is 14.4. The minimum absolute atomic E-state index is 0.0677. The third kappa shape index (κ3) is 5.30. The molecule has 0 spiro atoms. The average Bonchev–Trinajstić information content (AvgIpc) is 3.28. The van der Waals surface area contributed by atoms with Gasteiger partial charge in [0.2, 0.25) is 5.91 Å². The number of guanidine groups is 1. The number of benzene rings is 1. The highest BCUT2D eigenvalue weighted by molar-refractivity contribution is 5.85. The molecule has 1 fully saturated rings. The van der Waals surface area contributed by atoms with Crippen LogP contribution >= 0.6 is 0 Å². The van der Waals surface area contributed by atoms with E-state index < -0.39 is 0 Å². The van der Waals surface area contributed by atoms with Gasteiger partial charge in [-0.1, -0.05) is 30.3 Å². The van der Waals surface area contributed by atoms with Crippen LogP contribution in [0.15, 0.2) is 35.3 Å². The molecule has 1 amide bonds. The van der Waals surface area contributed by atoms with Gasteiger partial charge in [0.25, 0.3) is 0 Å². The lowest BCUT2D eigenvalue weighted by Crippen LogP contribution is -2.39. The van der Waals surface area contributed by atoms with E-state index in [1.807, 2.05) is 37.3 Å². The zero-order valence-electron chi connectivity index (χ0n) is 11.9. The van der Waals surface area contributed by atoms with Crippen LogP contribution < -0.4 is 16.0 Å². The number of rotatable bonds is 6. The van der Waals surface area contributed by atoms with Crippen molar-refractivity contribution in [1.29, 1.82) is 0 Å². The minimum atomic E-state index is -0.0677. The van der Waals surface area contributed by atoms with E-state index in [2.05, 4.69) is 20.9 Å². The van der Waals surface area contributed by atoms with E-state index in [4.69, 9.17) is 0 Å². The molecular weight excluding hydrogens is 252 g/mol. The summed E-state index contributed by atoms with van der Waals surface area (Å²) in [7, 11) is 0. The molecule has 1 saturated carbocycles. The molecule has 1 aromatic carbocycles. The maximum atomic E-state index is 11.8. The predicted molar refractivity (Wildman–Crippen MR) is 80.4 cm³/mol. The molecule has 1 aromatic rings. The summed E-state index contributed by atoms with van der Waals surface area (Å²) in [6.45, 7) is 3.50. The van der Waals surface area contributed by atoms with Crippen LogP contribution in [0.3, 0.4) is 0 Å². The predicted octanol–water partition coefficient (Wildman–Crippen LogP) is 1.02. The van der Waals surface area contributed by atoms with Gasteiger partial charge in [0.05, 0.1) is 0 Å². The normalized spacial score (nSPS) is 14.8. The van der Waals surface area contributed by atoms with Crippen molar-refractivity contribution >= 4 is 11.9 Å². The smallest absolute Gasteiger partial charge is 0.242 e. The Bertz CT molecular complexity index is 454. The number of carbonyl (C=O) groups excluding carboxylic acids is 1. The van der Waals surface area contributed by atoms with Crippen molar-refractivity contribution in [3.8, 4) is 0 Å². The maximum Gasteiger partial charge on any atom is 0.242 e. The molecule has 0 saturated heterocycles. The third-order valence-electron chi connectivity index (χ3n) is 2.98. The van der Waals surface area contributed by atoms with Gasteiger partial charge in [-0.25, -0.2) is 4.99 Å². The zero-order chi connectivity index (χ0) is 14.2. The molecule has 20 heavy (non-hydrogen) atoms. The van der Waals surface area contributed by atoms with Crippen LogP contribution in [-0.2, 0) is 11.3 Å². The monoisotopic (exact) mass is 274 g/mol. The first-order valence-electron chi connectivity index (χ1n) is 7.13. The van der Waals surface area contributed by atoms with Gasteiger partial charge >= 0.3 is 0 Å². The quantitative estimate of drug-likeness (QED) is 0.536. The molecule has 3 N–H and O–H groups in total. The Balaban J connectivity index is 1.74. The number of amides is 1. The van der Waals surface area contributed by atoms with Gasteiger partial charge in [-0.15, -0.1) is 0 Å². The van der Waals surface area contributed by atoms with E-state index in [-0.39, 0.29) is 12.5 Å². The largest absolute Gasteiger partial charge is 0.357 e. The summed E-state index contributed by atoms with van der Waals surface area (Å²) in [5.74, 6) is 0.659. The fraction of sp³-hybridized carbons (Fsp3) is 0.467. The van der Waals surface area contributed by atoms with Gasteiger partial charge in [0.15, 0.2) is 5.96 Å². The Hall–Kier alpha value is -2.04. The summed E-state index contributed by atoms with van der Waals surface area (Å²) in [4.78, 5) is 16.0. The lowest BCUT2D eigenvalue weighted by atomic mass is 10.2. The highest BCUT2D eigenvalue weighted by Gasteiger charge is 2.22. The Kier molecular flexibility index (Phi) is 5.41. The number of hydrogen-bond acceptors (Lipinski definition) is 2. The van der Waals surface area contributed by atoms with Gasteiger partial charge in [0.1, 0.15) is 6.54 Å². The van der Waals surface area contributed by atoms with Crippen LogP contribution in [0.5, 0.6) is 0 Å². The fourth-order valence-electron chi connectivity index (χ4n) is 1.74. The third-order valence-corrected chi connectivity index (χ3v) is 2.98. The van der Waals surface area contributed by atoms with Crippen LogP contribution in [0.2, 0.25) is 0 Å². The molecule has 0 aliphatic heterocycles. The minimum Gasteiger partial charge on any atom is -0.357 e. The summed E-state index contributed by atoms with van der Waals surface area (Å²) in [5, 5.41) is 9.29. The molecule has 0 radical (unpaired) electrons. The van der Waals surface area contributed by atoms with E-state index >= 15 is 0 Å². The van der Waals surface area contributed by atoms with Crippen molar-refractivity contribution in [2.24, 2.45) is 4.99 Å². The van der Waals surface area contributed by atoms with E-state index in [0.29, 0.717) is 12.6 Å². The molecule has 0 aromatic heterocycles. The Morgan fingerprint density at radius 2 is 2.00 bits per heavy atom. The number of hydrogen-bond donors (Lipinski definition) is 3. The lowest BCUT2D eigenvalue weighted by molar-refractivity contribution is -0.119. The number of nitrogens with one attached hydrogen (secondary N) is 3. The van der Waals surface area contributed by atoms with Crippen molar-refractivity contribution in [3.05, 3.63) is 35.9 Å². The van der Waals surface area contributed by atoms with E-state index in [1.165, 1.54) is 12.8 Å². The Morgan fingerprint density at radius 3 is 2.65 bits per heavy atom. The summed E-state index contributed by atoms with van der Waals surface area (Å²) < 4.78 is 0. The summed E-state index contributed by atoms with van der Waals surface area (Å²) in [5.41, 5.74) is 1.09. The molecule has 1 aliphatic rings. The highest BCUT2D eigenvalue weighted by atomic mass is 16.1. The summed E-state index contributed by atoms with van der Waals surface area (Å²) in [6, 6.07) is 10.4. The fourth-order valence-corrected chi connectivity index (χ4v) is 1.74. The Morgan fingerprint density at radius 1 is 1.25 bits per heavy atom. The van der Waals surface area contributed by atoms with Gasteiger partial charge in [-0.3, -0.25) is 4.79 Å². The van der Waals surface area contributed by atoms with Crippen molar-refractivity contribution in [2.75, 3.05) is 13.1 Å². The molecule has 5 nitrogen and oxygen atoms in total. The van der Waals surface area contributed by atoms with Crippen molar-refractivity contribution < 1.29 is 4.79 Å². The molecule has 2 rings (SSSR count). The molecule has 0 bridgehead atoms. The highest BCUT2D eigenvalue weighted by Crippen LogP contribution is 2.18. The standard InChI is InChI=1S/C15H22N4O/c1-2-16-15(19-13-8-9-13)18-11-14(20)17-10-12-6-4-3-5-7-12/h3-7,13H,2,8-11H2,1H3,(H,17,20)(H2,16,18,19). The van der Waals surface area contributed by atoms with E-state index in [1.54, 1.807) is 0 Å². The van der Waals surface area contributed by atoms with Crippen LogP contribution in [0.1, 0.15) is 25.3 Å². The van der Waals surface area contributed by atoms with Crippen molar-refractivity contribution in [3.63, 3.8) is 0 Å². The first-order valence-corrected chi connectivity index (χ1v) is 7.13. The molecule has 0 heterocycles.